The maximum atomic E-state index is 11.3. The lowest BCUT2D eigenvalue weighted by Crippen LogP contribution is -2.54. The topological polar surface area (TPSA) is 116 Å². The number of carboxylic acid groups (broad SMARTS) is 1. The number of hydrogen-bond acceptors (Lipinski definition) is 5. The van der Waals surface area contributed by atoms with E-state index in [1.54, 1.807) is 0 Å². The van der Waals surface area contributed by atoms with Crippen molar-refractivity contribution in [3.05, 3.63) is 0 Å². The fourth-order valence-electron chi connectivity index (χ4n) is 2.32. The summed E-state index contributed by atoms with van der Waals surface area (Å²) >= 11 is 0. The summed E-state index contributed by atoms with van der Waals surface area (Å²) in [6, 6.07) is 0. The minimum absolute atomic E-state index is 0.0425. The molecule has 0 amide bonds. The molecule has 0 aliphatic carbocycles. The van der Waals surface area contributed by atoms with Crippen molar-refractivity contribution in [2.75, 3.05) is 13.1 Å². The van der Waals surface area contributed by atoms with Gasteiger partial charge in [-0.05, 0) is 25.7 Å². The highest BCUT2D eigenvalue weighted by molar-refractivity contribution is 6.40. The smallest absolute Gasteiger partial charge is 0.451 e. The van der Waals surface area contributed by atoms with Crippen LogP contribution in [0.15, 0.2) is 0 Å². The molecule has 1 saturated heterocycles. The van der Waals surface area contributed by atoms with Gasteiger partial charge in [0.2, 0.25) is 0 Å². The van der Waals surface area contributed by atoms with Crippen molar-refractivity contribution in [1.82, 2.24) is 5.32 Å². The zero-order valence-electron chi connectivity index (χ0n) is 9.93. The van der Waals surface area contributed by atoms with Gasteiger partial charge in [0, 0.05) is 12.5 Å². The first-order valence-corrected chi connectivity index (χ1v) is 6.06. The molecule has 0 aromatic rings. The van der Waals surface area contributed by atoms with Gasteiger partial charge >= 0.3 is 13.1 Å². The first kappa shape index (κ1) is 14.4. The maximum Gasteiger partial charge on any atom is 0.451 e. The zero-order chi connectivity index (χ0) is 12.9. The molecule has 1 rings (SSSR count). The monoisotopic (exact) mass is 244 g/mol. The lowest BCUT2D eigenvalue weighted by atomic mass is 9.77. The molecule has 17 heavy (non-hydrogen) atoms. The van der Waals surface area contributed by atoms with Crippen LogP contribution in [0, 0.1) is 5.92 Å². The normalized spacial score (nSPS) is 23.4. The van der Waals surface area contributed by atoms with Crippen LogP contribution in [-0.4, -0.2) is 46.9 Å². The summed E-state index contributed by atoms with van der Waals surface area (Å²) in [5.41, 5.74) is 4.81. The summed E-state index contributed by atoms with van der Waals surface area (Å²) in [5.74, 6) is -1.00. The van der Waals surface area contributed by atoms with Crippen molar-refractivity contribution in [2.24, 2.45) is 11.7 Å². The third kappa shape index (κ3) is 3.95. The fraction of sp³-hybridized carbons (Fsp3) is 0.900. The lowest BCUT2D eigenvalue weighted by molar-refractivity contribution is -0.145. The molecular weight excluding hydrogens is 223 g/mol. The second kappa shape index (κ2) is 6.35. The maximum absolute atomic E-state index is 11.3. The summed E-state index contributed by atoms with van der Waals surface area (Å²) in [6.07, 6.45) is 2.59. The van der Waals surface area contributed by atoms with Crippen LogP contribution in [0.2, 0.25) is 6.32 Å². The van der Waals surface area contributed by atoms with Gasteiger partial charge in [0.1, 0.15) is 5.54 Å². The Labute approximate surface area is 101 Å². The van der Waals surface area contributed by atoms with Crippen molar-refractivity contribution in [2.45, 2.75) is 37.5 Å². The predicted molar refractivity (Wildman–Crippen MR) is 64.4 cm³/mol. The van der Waals surface area contributed by atoms with Gasteiger partial charge in [0.05, 0.1) is 0 Å². The minimum atomic E-state index is -1.32. The summed E-state index contributed by atoms with van der Waals surface area (Å²) in [7, 11) is -1.32. The van der Waals surface area contributed by atoms with E-state index in [9.17, 15) is 9.90 Å². The molecule has 0 radical (unpaired) electrons. The highest BCUT2D eigenvalue weighted by Crippen LogP contribution is 2.27. The molecule has 0 spiro atoms. The van der Waals surface area contributed by atoms with Crippen molar-refractivity contribution < 1.29 is 19.9 Å². The Hall–Kier alpha value is -0.625. The molecule has 0 bridgehead atoms. The molecule has 1 aliphatic rings. The average Bonchev–Trinajstić information content (AvgIpc) is 2.77. The van der Waals surface area contributed by atoms with E-state index in [4.69, 9.17) is 15.8 Å². The Balaban J connectivity index is 2.44. The highest BCUT2D eigenvalue weighted by atomic mass is 16.4. The Bertz CT molecular complexity index is 259. The molecule has 7 heteroatoms. The second-order valence-corrected chi connectivity index (χ2v) is 4.76. The van der Waals surface area contributed by atoms with Crippen LogP contribution in [0.4, 0.5) is 0 Å². The van der Waals surface area contributed by atoms with Crippen molar-refractivity contribution in [3.63, 3.8) is 0 Å². The number of nitrogens with one attached hydrogen (secondary N) is 1. The van der Waals surface area contributed by atoms with E-state index in [-0.39, 0.29) is 12.2 Å². The Morgan fingerprint density at radius 1 is 1.47 bits per heavy atom. The van der Waals surface area contributed by atoms with E-state index in [1.807, 2.05) is 0 Å². The third-order valence-electron chi connectivity index (χ3n) is 3.49. The van der Waals surface area contributed by atoms with Gasteiger partial charge < -0.3 is 26.2 Å². The average molecular weight is 244 g/mol. The summed E-state index contributed by atoms with van der Waals surface area (Å²) in [5, 5.41) is 29.8. The van der Waals surface area contributed by atoms with Crippen LogP contribution in [-0.2, 0) is 4.79 Å². The molecule has 1 fully saturated rings. The fourth-order valence-corrected chi connectivity index (χ4v) is 2.32. The molecule has 98 valence electrons. The van der Waals surface area contributed by atoms with Gasteiger partial charge in [-0.2, -0.15) is 0 Å². The van der Waals surface area contributed by atoms with Crippen LogP contribution in [0.3, 0.4) is 0 Å². The van der Waals surface area contributed by atoms with Crippen molar-refractivity contribution in [3.8, 4) is 0 Å². The van der Waals surface area contributed by atoms with Crippen LogP contribution < -0.4 is 11.1 Å². The van der Waals surface area contributed by atoms with Crippen LogP contribution >= 0.6 is 0 Å². The van der Waals surface area contributed by atoms with Crippen LogP contribution in [0.25, 0.3) is 0 Å². The van der Waals surface area contributed by atoms with Gasteiger partial charge in [0.15, 0.2) is 0 Å². The Morgan fingerprint density at radius 3 is 2.65 bits per heavy atom. The highest BCUT2D eigenvalue weighted by Gasteiger charge is 2.42. The molecule has 1 aliphatic heterocycles. The first-order valence-electron chi connectivity index (χ1n) is 6.06. The van der Waals surface area contributed by atoms with Gasteiger partial charge in [-0.1, -0.05) is 12.8 Å². The number of aliphatic carboxylic acids is 1. The first-order chi connectivity index (χ1) is 7.97. The molecule has 0 aromatic heterocycles. The SMILES string of the molecule is NC(CCCCB(O)O)(C(=O)O)C1CCNC1. The number of carbonyl (C=O) groups is 1. The predicted octanol–water partition coefficient (Wildman–Crippen LogP) is -0.979. The number of hydrogen-bond donors (Lipinski definition) is 5. The summed E-state index contributed by atoms with van der Waals surface area (Å²) in [4.78, 5) is 11.3. The number of unbranched alkanes of at least 4 members (excludes halogenated alkanes) is 1. The molecule has 0 saturated carbocycles. The molecular formula is C10H21BN2O4. The Morgan fingerprint density at radius 2 is 2.18 bits per heavy atom. The lowest BCUT2D eigenvalue weighted by Gasteiger charge is -2.30. The number of nitrogens with two attached hydrogens (primary N) is 1. The van der Waals surface area contributed by atoms with E-state index in [0.29, 0.717) is 25.8 Å². The van der Waals surface area contributed by atoms with Gasteiger partial charge in [-0.25, -0.2) is 0 Å². The van der Waals surface area contributed by atoms with E-state index in [1.165, 1.54) is 0 Å². The van der Waals surface area contributed by atoms with Crippen LogP contribution in [0.1, 0.15) is 25.7 Å². The second-order valence-electron chi connectivity index (χ2n) is 4.76. The van der Waals surface area contributed by atoms with E-state index < -0.39 is 18.6 Å². The van der Waals surface area contributed by atoms with E-state index in [0.717, 1.165) is 13.0 Å². The van der Waals surface area contributed by atoms with Crippen molar-refractivity contribution in [1.29, 1.82) is 0 Å². The van der Waals surface area contributed by atoms with E-state index in [2.05, 4.69) is 5.32 Å². The Kier molecular flexibility index (Phi) is 5.39. The summed E-state index contributed by atoms with van der Waals surface area (Å²) in [6.45, 7) is 1.46. The molecule has 6 N–H and O–H groups in total. The third-order valence-corrected chi connectivity index (χ3v) is 3.49. The van der Waals surface area contributed by atoms with Gasteiger partial charge in [-0.15, -0.1) is 0 Å². The molecule has 1 heterocycles. The molecule has 0 aromatic carbocycles. The molecule has 2 atom stereocenters. The quantitative estimate of drug-likeness (QED) is 0.290. The number of carboxylic acids is 1. The largest absolute Gasteiger partial charge is 0.480 e. The van der Waals surface area contributed by atoms with Crippen LogP contribution in [0.5, 0.6) is 0 Å². The standard InChI is InChI=1S/C10H21BN2O4/c12-10(9(14)15,8-3-6-13-7-8)4-1-2-5-11(16)17/h8,13,16-17H,1-7,12H2,(H,14,15). The number of rotatable bonds is 7. The minimum Gasteiger partial charge on any atom is -0.480 e. The molecule has 6 nitrogen and oxygen atoms in total. The molecule has 2 unspecified atom stereocenters. The van der Waals surface area contributed by atoms with E-state index >= 15 is 0 Å². The van der Waals surface area contributed by atoms with Gasteiger partial charge in [-0.3, -0.25) is 4.79 Å². The van der Waals surface area contributed by atoms with Gasteiger partial charge in [0.25, 0.3) is 0 Å². The zero-order valence-corrected chi connectivity index (χ0v) is 9.93. The summed E-state index contributed by atoms with van der Waals surface area (Å²) < 4.78 is 0. The van der Waals surface area contributed by atoms with Crippen molar-refractivity contribution >= 4 is 13.1 Å².